The van der Waals surface area contributed by atoms with Crippen molar-refractivity contribution in [2.75, 3.05) is 6.26 Å². The summed E-state index contributed by atoms with van der Waals surface area (Å²) in [5, 5.41) is 10.3. The lowest BCUT2D eigenvalue weighted by atomic mass is 10.0. The predicted molar refractivity (Wildman–Crippen MR) is 76.2 cm³/mol. The van der Waals surface area contributed by atoms with Gasteiger partial charge in [-0.25, -0.2) is 13.4 Å². The minimum absolute atomic E-state index is 0.0269. The van der Waals surface area contributed by atoms with E-state index < -0.39 is 15.9 Å². The van der Waals surface area contributed by atoms with E-state index in [1.807, 2.05) is 32.0 Å². The highest BCUT2D eigenvalue weighted by Gasteiger charge is 2.17. The number of aryl methyl sites for hydroxylation is 2. The van der Waals surface area contributed by atoms with Crippen LogP contribution in [0.1, 0.15) is 22.8 Å². The first-order valence-electron chi connectivity index (χ1n) is 6.25. The van der Waals surface area contributed by atoms with Crippen molar-refractivity contribution in [3.63, 3.8) is 0 Å². The van der Waals surface area contributed by atoms with Crippen molar-refractivity contribution in [1.82, 2.24) is 9.55 Å². The van der Waals surface area contributed by atoms with Gasteiger partial charge in [-0.05, 0) is 19.4 Å². The zero-order valence-electron chi connectivity index (χ0n) is 11.7. The van der Waals surface area contributed by atoms with Gasteiger partial charge in [0, 0.05) is 18.6 Å². The minimum atomic E-state index is -3.39. The van der Waals surface area contributed by atoms with Crippen LogP contribution in [0, 0.1) is 13.8 Å². The van der Waals surface area contributed by atoms with Gasteiger partial charge in [0.2, 0.25) is 15.0 Å². The molecule has 2 rings (SSSR count). The Balaban J connectivity index is 2.28. The molecule has 0 aliphatic heterocycles. The highest BCUT2D eigenvalue weighted by molar-refractivity contribution is 7.90. The van der Waals surface area contributed by atoms with Crippen LogP contribution in [0.15, 0.2) is 35.7 Å². The van der Waals surface area contributed by atoms with Gasteiger partial charge in [0.15, 0.2) is 0 Å². The molecule has 20 heavy (non-hydrogen) atoms. The first-order valence-corrected chi connectivity index (χ1v) is 8.14. The van der Waals surface area contributed by atoms with Crippen molar-refractivity contribution in [2.24, 2.45) is 0 Å². The van der Waals surface area contributed by atoms with Crippen molar-refractivity contribution in [3.8, 4) is 0 Å². The Morgan fingerprint density at radius 2 is 1.85 bits per heavy atom. The summed E-state index contributed by atoms with van der Waals surface area (Å²) in [6.07, 6.45) is 3.31. The van der Waals surface area contributed by atoms with Crippen LogP contribution in [-0.4, -0.2) is 29.3 Å². The molecule has 0 fully saturated rings. The number of nitrogens with zero attached hydrogens (tertiary/aromatic N) is 2. The van der Waals surface area contributed by atoms with E-state index in [1.54, 1.807) is 6.20 Å². The molecule has 2 aromatic rings. The van der Waals surface area contributed by atoms with Crippen LogP contribution in [0.5, 0.6) is 0 Å². The number of sulfone groups is 1. The monoisotopic (exact) mass is 294 g/mol. The van der Waals surface area contributed by atoms with E-state index in [2.05, 4.69) is 4.98 Å². The van der Waals surface area contributed by atoms with Gasteiger partial charge in [-0.2, -0.15) is 0 Å². The maximum Gasteiger partial charge on any atom is 0.227 e. The van der Waals surface area contributed by atoms with Crippen LogP contribution >= 0.6 is 0 Å². The number of benzene rings is 1. The van der Waals surface area contributed by atoms with E-state index >= 15 is 0 Å². The molecule has 1 atom stereocenters. The maximum absolute atomic E-state index is 11.6. The lowest BCUT2D eigenvalue weighted by molar-refractivity contribution is 0.153. The second-order valence-corrected chi connectivity index (χ2v) is 6.98. The van der Waals surface area contributed by atoms with Crippen LogP contribution in [0.4, 0.5) is 0 Å². The van der Waals surface area contributed by atoms with Gasteiger partial charge in [0.1, 0.15) is 0 Å². The van der Waals surface area contributed by atoms with E-state index in [0.29, 0.717) is 0 Å². The fourth-order valence-electron chi connectivity index (χ4n) is 2.26. The molecule has 0 aliphatic rings. The summed E-state index contributed by atoms with van der Waals surface area (Å²) in [5.41, 5.74) is 2.90. The Bertz CT molecular complexity index is 700. The predicted octanol–water partition coefficient (Wildman–Crippen LogP) is 1.64. The summed E-state index contributed by atoms with van der Waals surface area (Å²) in [6, 6.07) is 5.82. The first-order chi connectivity index (χ1) is 9.27. The molecule has 1 N–H and O–H groups in total. The average molecular weight is 294 g/mol. The highest BCUT2D eigenvalue weighted by Crippen LogP contribution is 2.20. The third-order valence-electron chi connectivity index (χ3n) is 3.01. The van der Waals surface area contributed by atoms with Crippen molar-refractivity contribution < 1.29 is 13.5 Å². The third kappa shape index (κ3) is 3.26. The molecule has 1 aromatic carbocycles. The molecule has 6 heteroatoms. The SMILES string of the molecule is Cc1cc(C)cc([C@@H](O)Cn2ccnc2S(C)(=O)=O)c1. The van der Waals surface area contributed by atoms with Crippen LogP contribution in [-0.2, 0) is 16.4 Å². The Morgan fingerprint density at radius 3 is 2.40 bits per heavy atom. The van der Waals surface area contributed by atoms with E-state index in [9.17, 15) is 13.5 Å². The number of hydrogen-bond acceptors (Lipinski definition) is 4. The topological polar surface area (TPSA) is 72.2 Å². The summed E-state index contributed by atoms with van der Waals surface area (Å²) in [7, 11) is -3.39. The highest BCUT2D eigenvalue weighted by atomic mass is 32.2. The van der Waals surface area contributed by atoms with Crippen molar-refractivity contribution >= 4 is 9.84 Å². The van der Waals surface area contributed by atoms with Gasteiger partial charge in [0.25, 0.3) is 0 Å². The summed E-state index contributed by atoms with van der Waals surface area (Å²) >= 11 is 0. The molecular formula is C14H18N2O3S. The second-order valence-electron chi connectivity index (χ2n) is 5.07. The number of imidazole rings is 1. The molecule has 0 saturated carbocycles. The molecule has 0 amide bonds. The molecule has 0 radical (unpaired) electrons. The fourth-order valence-corrected chi connectivity index (χ4v) is 3.07. The summed E-state index contributed by atoms with van der Waals surface area (Å²) in [4.78, 5) is 3.83. The molecule has 0 bridgehead atoms. The van der Waals surface area contributed by atoms with Crippen LogP contribution < -0.4 is 0 Å². The lowest BCUT2D eigenvalue weighted by Crippen LogP contribution is -2.14. The smallest absolute Gasteiger partial charge is 0.227 e. The number of hydrogen-bond donors (Lipinski definition) is 1. The van der Waals surface area contributed by atoms with Gasteiger partial charge in [-0.15, -0.1) is 0 Å². The van der Waals surface area contributed by atoms with Gasteiger partial charge in [-0.3, -0.25) is 0 Å². The summed E-state index contributed by atoms with van der Waals surface area (Å²) in [6.45, 7) is 4.08. The second kappa shape index (κ2) is 5.38. The molecule has 5 nitrogen and oxygen atoms in total. The molecule has 0 spiro atoms. The average Bonchev–Trinajstić information content (AvgIpc) is 2.75. The lowest BCUT2D eigenvalue weighted by Gasteiger charge is -2.14. The number of aromatic nitrogens is 2. The Labute approximate surface area is 118 Å². The van der Waals surface area contributed by atoms with E-state index in [-0.39, 0.29) is 11.7 Å². The Kier molecular flexibility index (Phi) is 3.96. The number of rotatable bonds is 4. The summed E-state index contributed by atoms with van der Waals surface area (Å²) < 4.78 is 24.6. The maximum atomic E-state index is 11.6. The molecule has 0 aliphatic carbocycles. The Morgan fingerprint density at radius 1 is 1.25 bits per heavy atom. The molecule has 0 saturated heterocycles. The molecule has 1 aromatic heterocycles. The molecule has 108 valence electrons. The standard InChI is InChI=1S/C14H18N2O3S/c1-10-6-11(2)8-12(7-10)13(17)9-16-5-4-15-14(16)20(3,18)19/h4-8,13,17H,9H2,1-3H3/t13-/m0/s1. The quantitative estimate of drug-likeness (QED) is 0.930. The first kappa shape index (κ1) is 14.7. The molecule has 1 heterocycles. The third-order valence-corrected chi connectivity index (χ3v) is 4.01. The Hall–Kier alpha value is -1.66. The van der Waals surface area contributed by atoms with Gasteiger partial charge in [-0.1, -0.05) is 29.3 Å². The minimum Gasteiger partial charge on any atom is -0.387 e. The van der Waals surface area contributed by atoms with E-state index in [1.165, 1.54) is 10.8 Å². The zero-order valence-corrected chi connectivity index (χ0v) is 12.6. The molecular weight excluding hydrogens is 276 g/mol. The number of aliphatic hydroxyl groups is 1. The van der Waals surface area contributed by atoms with E-state index in [0.717, 1.165) is 22.9 Å². The normalized spacial score (nSPS) is 13.4. The van der Waals surface area contributed by atoms with Crippen LogP contribution in [0.3, 0.4) is 0 Å². The van der Waals surface area contributed by atoms with Crippen molar-refractivity contribution in [1.29, 1.82) is 0 Å². The van der Waals surface area contributed by atoms with Crippen molar-refractivity contribution in [3.05, 3.63) is 47.3 Å². The van der Waals surface area contributed by atoms with Gasteiger partial charge >= 0.3 is 0 Å². The fraction of sp³-hybridized carbons (Fsp3) is 0.357. The summed E-state index contributed by atoms with van der Waals surface area (Å²) in [5.74, 6) is 0. The number of aliphatic hydroxyl groups excluding tert-OH is 1. The van der Waals surface area contributed by atoms with Crippen LogP contribution in [0.2, 0.25) is 0 Å². The zero-order chi connectivity index (χ0) is 14.9. The van der Waals surface area contributed by atoms with E-state index in [4.69, 9.17) is 0 Å². The van der Waals surface area contributed by atoms with Crippen molar-refractivity contribution in [2.45, 2.75) is 31.7 Å². The molecule has 0 unspecified atom stereocenters. The largest absolute Gasteiger partial charge is 0.387 e. The van der Waals surface area contributed by atoms with Gasteiger partial charge < -0.3 is 9.67 Å². The van der Waals surface area contributed by atoms with Crippen LogP contribution in [0.25, 0.3) is 0 Å². The van der Waals surface area contributed by atoms with Gasteiger partial charge in [0.05, 0.1) is 12.6 Å².